The molecule has 1 saturated heterocycles. The van der Waals surface area contributed by atoms with Gasteiger partial charge in [0.05, 0.1) is 17.2 Å². The van der Waals surface area contributed by atoms with E-state index in [1.807, 2.05) is 6.07 Å². The van der Waals surface area contributed by atoms with Gasteiger partial charge in [-0.15, -0.1) is 0 Å². The third-order valence-electron chi connectivity index (χ3n) is 7.04. The zero-order valence-electron chi connectivity index (χ0n) is 19.1. The number of carbonyl (C=O) groups excluding carboxylic acids is 1. The van der Waals surface area contributed by atoms with Crippen LogP contribution in [0.25, 0.3) is 0 Å². The Morgan fingerprint density at radius 2 is 1.88 bits per heavy atom. The monoisotopic (exact) mass is 468 g/mol. The van der Waals surface area contributed by atoms with E-state index in [9.17, 15) is 23.9 Å². The Morgan fingerprint density at radius 3 is 2.56 bits per heavy atom. The smallest absolute Gasteiger partial charge is 0.322 e. The van der Waals surface area contributed by atoms with Crippen LogP contribution in [0.5, 0.6) is 0 Å². The predicted octanol–water partition coefficient (Wildman–Crippen LogP) is 4.60. The van der Waals surface area contributed by atoms with Gasteiger partial charge in [-0.2, -0.15) is 5.26 Å². The summed E-state index contributed by atoms with van der Waals surface area (Å²) in [5, 5.41) is 23.2. The lowest BCUT2D eigenvalue weighted by atomic mass is 9.77. The molecule has 1 saturated carbocycles. The number of urea groups is 1. The van der Waals surface area contributed by atoms with E-state index < -0.39 is 17.2 Å². The van der Waals surface area contributed by atoms with E-state index in [1.54, 1.807) is 23.1 Å². The highest BCUT2D eigenvalue weighted by molar-refractivity contribution is 5.89. The van der Waals surface area contributed by atoms with Crippen LogP contribution in [-0.4, -0.2) is 53.2 Å². The highest BCUT2D eigenvalue weighted by Crippen LogP contribution is 2.39. The van der Waals surface area contributed by atoms with Crippen molar-refractivity contribution in [1.29, 1.82) is 5.26 Å². The maximum Gasteiger partial charge on any atom is 0.322 e. The van der Waals surface area contributed by atoms with Crippen molar-refractivity contribution < 1.29 is 18.7 Å². The van der Waals surface area contributed by atoms with Gasteiger partial charge in [-0.1, -0.05) is 12.1 Å². The van der Waals surface area contributed by atoms with Crippen molar-refractivity contribution in [1.82, 2.24) is 9.80 Å². The molecular formula is C26H30F2N4O2. The summed E-state index contributed by atoms with van der Waals surface area (Å²) in [5.41, 5.74) is 0.391. The number of aliphatic hydroxyl groups is 1. The number of rotatable bonds is 6. The minimum Gasteiger partial charge on any atom is -0.385 e. The van der Waals surface area contributed by atoms with Crippen LogP contribution in [0.3, 0.4) is 0 Å². The Balaban J connectivity index is 1.46. The van der Waals surface area contributed by atoms with Crippen LogP contribution >= 0.6 is 0 Å². The maximum absolute atomic E-state index is 13.6. The maximum atomic E-state index is 13.6. The quantitative estimate of drug-likeness (QED) is 0.650. The summed E-state index contributed by atoms with van der Waals surface area (Å²) in [4.78, 5) is 17.3. The molecule has 8 heteroatoms. The number of amides is 2. The molecule has 2 amide bonds. The second kappa shape index (κ2) is 10.5. The predicted molar refractivity (Wildman–Crippen MR) is 125 cm³/mol. The van der Waals surface area contributed by atoms with Crippen LogP contribution in [0, 0.1) is 23.0 Å². The molecule has 2 aromatic carbocycles. The van der Waals surface area contributed by atoms with Gasteiger partial charge in [-0.25, -0.2) is 13.6 Å². The Kier molecular flexibility index (Phi) is 7.44. The number of carbonyl (C=O) groups is 1. The van der Waals surface area contributed by atoms with Gasteiger partial charge in [-0.3, -0.25) is 0 Å². The number of nitrogens with zero attached hydrogens (tertiary/aromatic N) is 3. The average Bonchev–Trinajstić information content (AvgIpc) is 3.36. The Hall–Kier alpha value is -3.02. The molecule has 2 fully saturated rings. The third kappa shape index (κ3) is 5.54. The molecule has 0 radical (unpaired) electrons. The lowest BCUT2D eigenvalue weighted by molar-refractivity contribution is -0.0198. The summed E-state index contributed by atoms with van der Waals surface area (Å²) >= 11 is 0. The molecule has 0 unspecified atom stereocenters. The van der Waals surface area contributed by atoms with Crippen molar-refractivity contribution in [2.75, 3.05) is 31.5 Å². The van der Waals surface area contributed by atoms with Gasteiger partial charge in [0.15, 0.2) is 11.6 Å². The van der Waals surface area contributed by atoms with E-state index in [-0.39, 0.29) is 17.8 Å². The molecule has 1 aliphatic heterocycles. The van der Waals surface area contributed by atoms with Crippen molar-refractivity contribution in [2.24, 2.45) is 0 Å². The summed E-state index contributed by atoms with van der Waals surface area (Å²) in [7, 11) is 0. The van der Waals surface area contributed by atoms with Crippen LogP contribution < -0.4 is 5.32 Å². The van der Waals surface area contributed by atoms with Gasteiger partial charge in [0, 0.05) is 30.9 Å². The molecule has 4 rings (SSSR count). The Morgan fingerprint density at radius 1 is 1.15 bits per heavy atom. The number of likely N-dealkylation sites (tertiary alicyclic amines) is 1. The summed E-state index contributed by atoms with van der Waals surface area (Å²) < 4.78 is 26.9. The second-order valence-corrected chi connectivity index (χ2v) is 9.26. The molecule has 34 heavy (non-hydrogen) atoms. The number of benzene rings is 2. The topological polar surface area (TPSA) is 79.6 Å². The number of nitriles is 1. The molecule has 2 N–H and O–H groups in total. The SMILES string of the molecule is N#Cc1cccc([C@]2(O)CC[C@H](N(CCN3CCCC3)C(=O)Nc3ccc(F)c(F)c3)CC2)c1. The summed E-state index contributed by atoms with van der Waals surface area (Å²) in [6.45, 7) is 3.29. The molecule has 1 heterocycles. The fourth-order valence-electron chi connectivity index (χ4n) is 5.03. The highest BCUT2D eigenvalue weighted by Gasteiger charge is 2.38. The molecule has 2 aromatic rings. The highest BCUT2D eigenvalue weighted by atomic mass is 19.2. The lowest BCUT2D eigenvalue weighted by Gasteiger charge is -2.41. The minimum atomic E-state index is -1.04. The summed E-state index contributed by atoms with van der Waals surface area (Å²) in [6, 6.07) is 12.0. The van der Waals surface area contributed by atoms with E-state index in [0.29, 0.717) is 37.8 Å². The van der Waals surface area contributed by atoms with Crippen molar-refractivity contribution in [3.8, 4) is 6.07 Å². The van der Waals surface area contributed by atoms with E-state index in [4.69, 9.17) is 0 Å². The van der Waals surface area contributed by atoms with Gasteiger partial charge in [0.1, 0.15) is 0 Å². The van der Waals surface area contributed by atoms with Gasteiger partial charge in [0.2, 0.25) is 0 Å². The number of halogens is 2. The average molecular weight is 469 g/mol. The largest absolute Gasteiger partial charge is 0.385 e. The molecule has 6 nitrogen and oxygen atoms in total. The van der Waals surface area contributed by atoms with Crippen molar-refractivity contribution in [3.63, 3.8) is 0 Å². The number of hydrogen-bond acceptors (Lipinski definition) is 4. The van der Waals surface area contributed by atoms with Crippen LogP contribution in [0.4, 0.5) is 19.3 Å². The molecular weight excluding hydrogens is 438 g/mol. The lowest BCUT2D eigenvalue weighted by Crippen LogP contribution is -2.49. The van der Waals surface area contributed by atoms with E-state index in [2.05, 4.69) is 16.3 Å². The Bertz CT molecular complexity index is 1060. The normalized spacial score (nSPS) is 22.8. The van der Waals surface area contributed by atoms with Gasteiger partial charge in [0.25, 0.3) is 0 Å². The van der Waals surface area contributed by atoms with Gasteiger partial charge >= 0.3 is 6.03 Å². The molecule has 0 atom stereocenters. The molecule has 1 aliphatic carbocycles. The van der Waals surface area contributed by atoms with Gasteiger partial charge < -0.3 is 20.2 Å². The zero-order chi connectivity index (χ0) is 24.1. The number of hydrogen-bond donors (Lipinski definition) is 2. The van der Waals surface area contributed by atoms with Crippen LogP contribution in [-0.2, 0) is 5.60 Å². The third-order valence-corrected chi connectivity index (χ3v) is 7.04. The second-order valence-electron chi connectivity index (χ2n) is 9.26. The molecule has 0 bridgehead atoms. The summed E-state index contributed by atoms with van der Waals surface area (Å²) in [6.07, 6.45) is 4.42. The van der Waals surface area contributed by atoms with E-state index in [1.165, 1.54) is 6.07 Å². The first-order valence-electron chi connectivity index (χ1n) is 11.9. The van der Waals surface area contributed by atoms with E-state index >= 15 is 0 Å². The standard InChI is InChI=1S/C26H30F2N4O2/c27-23-7-6-21(17-24(23)28)30-25(33)32(15-14-31-12-1-2-13-31)22-8-10-26(34,11-9-22)20-5-3-4-19(16-20)18-29/h3-7,16-17,22,34H,1-2,8-15H2,(H,30,33)/t22-,26-. The first-order chi connectivity index (χ1) is 16.4. The number of anilines is 1. The summed E-state index contributed by atoms with van der Waals surface area (Å²) in [5.74, 6) is -1.97. The van der Waals surface area contributed by atoms with Crippen molar-refractivity contribution >= 4 is 11.7 Å². The first kappa shape index (κ1) is 24.1. The molecule has 0 spiro atoms. The zero-order valence-corrected chi connectivity index (χ0v) is 19.1. The van der Waals surface area contributed by atoms with Crippen LogP contribution in [0.2, 0.25) is 0 Å². The van der Waals surface area contributed by atoms with E-state index in [0.717, 1.165) is 50.2 Å². The minimum absolute atomic E-state index is 0.0904. The fourth-order valence-corrected chi connectivity index (χ4v) is 5.03. The van der Waals surface area contributed by atoms with Crippen molar-refractivity contribution in [3.05, 3.63) is 65.2 Å². The van der Waals surface area contributed by atoms with Crippen LogP contribution in [0.15, 0.2) is 42.5 Å². The number of nitrogens with one attached hydrogen (secondary N) is 1. The molecule has 2 aliphatic rings. The van der Waals surface area contributed by atoms with Crippen LogP contribution in [0.1, 0.15) is 49.7 Å². The molecule has 0 aromatic heterocycles. The Labute approximate surface area is 198 Å². The molecule has 180 valence electrons. The van der Waals surface area contributed by atoms with Crippen molar-refractivity contribution in [2.45, 2.75) is 50.2 Å². The van der Waals surface area contributed by atoms with Gasteiger partial charge in [-0.05, 0) is 81.4 Å². The first-order valence-corrected chi connectivity index (χ1v) is 11.9. The fraction of sp³-hybridized carbons (Fsp3) is 0.462.